The van der Waals surface area contributed by atoms with Crippen molar-refractivity contribution in [3.05, 3.63) is 68.5 Å². The van der Waals surface area contributed by atoms with Crippen LogP contribution < -0.4 is 5.32 Å². The Morgan fingerprint density at radius 1 is 1.19 bits per heavy atom. The van der Waals surface area contributed by atoms with Crippen molar-refractivity contribution >= 4 is 35.1 Å². The van der Waals surface area contributed by atoms with Crippen LogP contribution in [0.15, 0.2) is 52.9 Å². The summed E-state index contributed by atoms with van der Waals surface area (Å²) in [5, 5.41) is 12.4. The molecule has 9 heteroatoms. The molecule has 2 N–H and O–H groups in total. The normalized spacial score (nSPS) is 16.5. The summed E-state index contributed by atoms with van der Waals surface area (Å²) in [6.07, 6.45) is 3.20. The van der Waals surface area contributed by atoms with Crippen molar-refractivity contribution in [3.8, 4) is 0 Å². The third kappa shape index (κ3) is 5.89. The molecule has 0 bridgehead atoms. The predicted molar refractivity (Wildman–Crippen MR) is 118 cm³/mol. The first-order valence-electron chi connectivity index (χ1n) is 9.61. The van der Waals surface area contributed by atoms with Crippen LogP contribution in [0.3, 0.4) is 0 Å². The highest BCUT2D eigenvalue weighted by Crippen LogP contribution is 2.43. The minimum atomic E-state index is -0.870. The van der Waals surface area contributed by atoms with E-state index in [1.807, 2.05) is 0 Å². The number of ether oxygens (including phenoxy) is 3. The molecule has 0 aromatic heterocycles. The highest BCUT2D eigenvalue weighted by Gasteiger charge is 2.40. The van der Waals surface area contributed by atoms with Gasteiger partial charge in [0, 0.05) is 5.70 Å². The van der Waals surface area contributed by atoms with E-state index in [2.05, 4.69) is 5.32 Å². The molecule has 0 radical (unpaired) electrons. The lowest BCUT2D eigenvalue weighted by atomic mass is 9.80. The number of allylic oxidation sites excluding steroid dienone is 1. The number of methoxy groups -OCH3 is 1. The molecule has 1 aliphatic heterocycles. The molecule has 0 saturated heterocycles. The lowest BCUT2D eigenvalue weighted by Gasteiger charge is -2.31. The Labute approximate surface area is 191 Å². The quantitative estimate of drug-likeness (QED) is 0.324. The monoisotopic (exact) mass is 469 g/mol. The van der Waals surface area contributed by atoms with Gasteiger partial charge >= 0.3 is 11.9 Å². The number of hydrogen-bond acceptors (Lipinski definition) is 7. The topological polar surface area (TPSA) is 94.1 Å². The van der Waals surface area contributed by atoms with E-state index in [4.69, 9.17) is 42.5 Å². The SMILES string of the molecule is CCOC(=O)C1=C(COC/C=C/CO)NC(C)=C(C(=O)OC)C1c1cccc(Cl)c1Cl. The number of rotatable bonds is 9. The molecule has 1 aromatic carbocycles. The Bertz CT molecular complexity index is 923. The van der Waals surface area contributed by atoms with Gasteiger partial charge in [0.15, 0.2) is 0 Å². The van der Waals surface area contributed by atoms with E-state index in [1.54, 1.807) is 44.2 Å². The number of carbonyl (C=O) groups is 2. The van der Waals surface area contributed by atoms with Crippen molar-refractivity contribution in [2.75, 3.05) is 33.5 Å². The van der Waals surface area contributed by atoms with Gasteiger partial charge < -0.3 is 24.6 Å². The second-order valence-electron chi connectivity index (χ2n) is 6.51. The minimum absolute atomic E-state index is 0.0321. The van der Waals surface area contributed by atoms with E-state index in [0.29, 0.717) is 17.0 Å². The summed E-state index contributed by atoms with van der Waals surface area (Å²) >= 11 is 12.7. The first kappa shape index (κ1) is 24.9. The third-order valence-electron chi connectivity index (χ3n) is 4.57. The van der Waals surface area contributed by atoms with Crippen LogP contribution in [-0.2, 0) is 23.8 Å². The van der Waals surface area contributed by atoms with Crippen molar-refractivity contribution in [1.82, 2.24) is 5.32 Å². The van der Waals surface area contributed by atoms with Gasteiger partial charge in [-0.2, -0.15) is 0 Å². The first-order valence-corrected chi connectivity index (χ1v) is 10.4. The van der Waals surface area contributed by atoms with E-state index >= 15 is 0 Å². The Morgan fingerprint density at radius 3 is 2.58 bits per heavy atom. The van der Waals surface area contributed by atoms with Crippen LogP contribution in [0, 0.1) is 0 Å². The molecule has 1 heterocycles. The standard InChI is InChI=1S/C22H25Cl2NO6/c1-4-31-22(28)19-16(12-30-11-6-5-10-26)25-13(2)17(21(27)29-3)18(19)14-8-7-9-15(23)20(14)24/h5-9,18,25-26H,4,10-12H2,1-3H3/b6-5+. The lowest BCUT2D eigenvalue weighted by molar-refractivity contribution is -0.139. The summed E-state index contributed by atoms with van der Waals surface area (Å²) in [5.74, 6) is -2.10. The van der Waals surface area contributed by atoms with E-state index < -0.39 is 17.9 Å². The average molecular weight is 470 g/mol. The number of aliphatic hydroxyl groups excluding tert-OH is 1. The summed E-state index contributed by atoms with van der Waals surface area (Å²) in [5.41, 5.74) is 1.80. The van der Waals surface area contributed by atoms with E-state index in [9.17, 15) is 9.59 Å². The van der Waals surface area contributed by atoms with Gasteiger partial charge in [-0.15, -0.1) is 0 Å². The van der Waals surface area contributed by atoms with Crippen LogP contribution >= 0.6 is 23.2 Å². The van der Waals surface area contributed by atoms with Gasteiger partial charge in [-0.3, -0.25) is 0 Å². The summed E-state index contributed by atoms with van der Waals surface area (Å²) in [4.78, 5) is 25.7. The second kappa shape index (κ2) is 11.9. The number of aliphatic hydroxyl groups is 1. The number of carbonyl (C=O) groups excluding carboxylic acids is 2. The van der Waals surface area contributed by atoms with Gasteiger partial charge in [0.25, 0.3) is 0 Å². The number of hydrogen-bond donors (Lipinski definition) is 2. The maximum absolute atomic E-state index is 13.0. The Kier molecular flexibility index (Phi) is 9.58. The molecule has 1 unspecified atom stereocenters. The molecule has 0 aliphatic carbocycles. The van der Waals surface area contributed by atoms with Crippen LogP contribution in [0.2, 0.25) is 10.0 Å². The van der Waals surface area contributed by atoms with Crippen molar-refractivity contribution in [1.29, 1.82) is 0 Å². The Balaban J connectivity index is 2.64. The molecule has 7 nitrogen and oxygen atoms in total. The van der Waals surface area contributed by atoms with Gasteiger partial charge in [-0.25, -0.2) is 9.59 Å². The molecule has 2 rings (SSSR count). The maximum atomic E-state index is 13.0. The van der Waals surface area contributed by atoms with Crippen molar-refractivity contribution in [2.45, 2.75) is 19.8 Å². The van der Waals surface area contributed by atoms with E-state index in [-0.39, 0.29) is 47.6 Å². The molecule has 0 amide bonds. The zero-order valence-corrected chi connectivity index (χ0v) is 19.0. The molecule has 1 aliphatic rings. The summed E-state index contributed by atoms with van der Waals surface area (Å²) in [6.45, 7) is 3.68. The fourth-order valence-electron chi connectivity index (χ4n) is 3.27. The average Bonchev–Trinajstić information content (AvgIpc) is 2.74. The molecular weight excluding hydrogens is 445 g/mol. The molecule has 0 spiro atoms. The fourth-order valence-corrected chi connectivity index (χ4v) is 3.68. The number of nitrogens with one attached hydrogen (secondary N) is 1. The summed E-state index contributed by atoms with van der Waals surface area (Å²) in [7, 11) is 1.26. The molecule has 1 aromatic rings. The van der Waals surface area contributed by atoms with E-state index in [0.717, 1.165) is 0 Å². The number of benzene rings is 1. The van der Waals surface area contributed by atoms with Gasteiger partial charge in [0.2, 0.25) is 0 Å². The summed E-state index contributed by atoms with van der Waals surface area (Å²) in [6, 6.07) is 5.00. The number of dihydropyridines is 1. The van der Waals surface area contributed by atoms with Gasteiger partial charge in [-0.1, -0.05) is 47.5 Å². The predicted octanol–water partition coefficient (Wildman–Crippen LogP) is 3.51. The number of halogens is 2. The molecule has 0 saturated carbocycles. The Hall–Kier alpha value is -2.32. The van der Waals surface area contributed by atoms with Gasteiger partial charge in [-0.05, 0) is 25.5 Å². The third-order valence-corrected chi connectivity index (χ3v) is 5.40. The van der Waals surface area contributed by atoms with Gasteiger partial charge in [0.1, 0.15) is 0 Å². The largest absolute Gasteiger partial charge is 0.466 e. The van der Waals surface area contributed by atoms with Crippen molar-refractivity contribution in [2.24, 2.45) is 0 Å². The van der Waals surface area contributed by atoms with Crippen LogP contribution in [-0.4, -0.2) is 50.6 Å². The van der Waals surface area contributed by atoms with Gasteiger partial charge in [0.05, 0.1) is 66.3 Å². The van der Waals surface area contributed by atoms with Crippen molar-refractivity contribution in [3.63, 3.8) is 0 Å². The van der Waals surface area contributed by atoms with Crippen LogP contribution in [0.5, 0.6) is 0 Å². The van der Waals surface area contributed by atoms with Crippen LogP contribution in [0.25, 0.3) is 0 Å². The maximum Gasteiger partial charge on any atom is 0.336 e. The highest BCUT2D eigenvalue weighted by atomic mass is 35.5. The van der Waals surface area contributed by atoms with Crippen LogP contribution in [0.1, 0.15) is 25.3 Å². The molecular formula is C22H25Cl2NO6. The second-order valence-corrected chi connectivity index (χ2v) is 7.30. The molecule has 168 valence electrons. The summed E-state index contributed by atoms with van der Waals surface area (Å²) < 4.78 is 15.9. The molecule has 31 heavy (non-hydrogen) atoms. The molecule has 1 atom stereocenters. The minimum Gasteiger partial charge on any atom is -0.466 e. The Morgan fingerprint density at radius 2 is 1.94 bits per heavy atom. The lowest BCUT2D eigenvalue weighted by Crippen LogP contribution is -2.34. The fraction of sp³-hybridized carbons (Fsp3) is 0.364. The first-order chi connectivity index (χ1) is 14.9. The zero-order valence-electron chi connectivity index (χ0n) is 17.5. The smallest absolute Gasteiger partial charge is 0.336 e. The van der Waals surface area contributed by atoms with Crippen molar-refractivity contribution < 1.29 is 28.9 Å². The zero-order chi connectivity index (χ0) is 23.0. The highest BCUT2D eigenvalue weighted by molar-refractivity contribution is 6.42. The van der Waals surface area contributed by atoms with Crippen LogP contribution in [0.4, 0.5) is 0 Å². The number of esters is 2. The van der Waals surface area contributed by atoms with E-state index in [1.165, 1.54) is 7.11 Å². The molecule has 0 fully saturated rings.